The molecule has 0 saturated heterocycles. The van der Waals surface area contributed by atoms with Gasteiger partial charge in [-0.05, 0) is 5.53 Å². The first-order chi connectivity index (χ1) is 9.85. The molecule has 20 heavy (non-hydrogen) atoms. The van der Waals surface area contributed by atoms with E-state index < -0.39 is 6.23 Å². The van der Waals surface area contributed by atoms with E-state index >= 15 is 0 Å². The molecule has 0 amide bonds. The average molecular weight is 293 g/mol. The van der Waals surface area contributed by atoms with Gasteiger partial charge in [0.25, 0.3) is 0 Å². The van der Waals surface area contributed by atoms with E-state index in [2.05, 4.69) is 10.0 Å². The molecule has 0 saturated carbocycles. The number of nitrogens with zero attached hydrogens (tertiary/aromatic N) is 3. The van der Waals surface area contributed by atoms with Crippen LogP contribution < -0.4 is 0 Å². The molecule has 0 rings (SSSR count). The lowest BCUT2D eigenvalue weighted by Crippen LogP contribution is -2.17. The van der Waals surface area contributed by atoms with Crippen molar-refractivity contribution in [3.05, 3.63) is 10.4 Å². The lowest BCUT2D eigenvalue weighted by molar-refractivity contribution is -0.0251. The third-order valence-electron chi connectivity index (χ3n) is 2.06. The molecule has 0 aliphatic rings. The van der Waals surface area contributed by atoms with E-state index in [1.54, 1.807) is 0 Å². The van der Waals surface area contributed by atoms with E-state index in [1.165, 1.54) is 7.11 Å². The Bertz CT molecular complexity index is 250. The summed E-state index contributed by atoms with van der Waals surface area (Å²) in [6, 6.07) is 0. The zero-order valence-electron chi connectivity index (χ0n) is 11.8. The quantitative estimate of drug-likeness (QED) is 0.201. The van der Waals surface area contributed by atoms with Crippen molar-refractivity contribution in [3.63, 3.8) is 0 Å². The molecule has 0 spiro atoms. The fourth-order valence-corrected chi connectivity index (χ4v) is 1.11. The van der Waals surface area contributed by atoms with Crippen LogP contribution in [0.4, 0.5) is 0 Å². The molecule has 0 aromatic heterocycles. The first-order valence-corrected chi connectivity index (χ1v) is 6.34. The number of azide groups is 1. The number of hydrogen-bond donors (Lipinski definition) is 1. The fraction of sp³-hybridized carbons (Fsp3) is 1.00. The molecule has 118 valence electrons. The molecular weight excluding hydrogens is 270 g/mol. The van der Waals surface area contributed by atoms with Crippen molar-refractivity contribution in [3.8, 4) is 0 Å². The highest BCUT2D eigenvalue weighted by Gasteiger charge is 2.03. The van der Waals surface area contributed by atoms with Crippen LogP contribution in [0.15, 0.2) is 5.11 Å². The van der Waals surface area contributed by atoms with E-state index in [0.717, 1.165) is 0 Å². The predicted molar refractivity (Wildman–Crippen MR) is 70.3 cm³/mol. The molecule has 0 aromatic carbocycles. The highest BCUT2D eigenvalue weighted by atomic mass is 16.6. The highest BCUT2D eigenvalue weighted by molar-refractivity contribution is 4.53. The van der Waals surface area contributed by atoms with Gasteiger partial charge >= 0.3 is 0 Å². The molecule has 0 aliphatic carbocycles. The monoisotopic (exact) mass is 293 g/mol. The Morgan fingerprint density at radius 1 is 0.950 bits per heavy atom. The lowest BCUT2D eigenvalue weighted by Gasteiger charge is -2.10. The summed E-state index contributed by atoms with van der Waals surface area (Å²) in [5.41, 5.74) is 8.22. The van der Waals surface area contributed by atoms with Crippen molar-refractivity contribution in [1.82, 2.24) is 0 Å². The summed E-state index contributed by atoms with van der Waals surface area (Å²) >= 11 is 0. The number of aliphatic hydroxyl groups is 1. The smallest absolute Gasteiger partial charge is 0.159 e. The van der Waals surface area contributed by atoms with Crippen molar-refractivity contribution < 1.29 is 28.8 Å². The number of hydrogen-bond acceptors (Lipinski definition) is 7. The van der Waals surface area contributed by atoms with Gasteiger partial charge < -0.3 is 28.8 Å². The molecule has 9 heteroatoms. The maximum absolute atomic E-state index is 8.46. The molecule has 0 bridgehead atoms. The molecule has 1 atom stereocenters. The molecular formula is C11H23N3O6. The van der Waals surface area contributed by atoms with Crippen molar-refractivity contribution in [2.75, 3.05) is 66.6 Å². The van der Waals surface area contributed by atoms with Gasteiger partial charge in [-0.3, -0.25) is 0 Å². The zero-order valence-corrected chi connectivity index (χ0v) is 11.8. The van der Waals surface area contributed by atoms with E-state index in [1.807, 2.05) is 0 Å². The SMILES string of the molecule is COC(COCCOCCOCCOCCO)N=[N+]=[N-]. The third kappa shape index (κ3) is 13.5. The van der Waals surface area contributed by atoms with Gasteiger partial charge in [-0.15, -0.1) is 0 Å². The van der Waals surface area contributed by atoms with Crippen molar-refractivity contribution in [1.29, 1.82) is 0 Å². The van der Waals surface area contributed by atoms with Crippen molar-refractivity contribution in [2.45, 2.75) is 6.23 Å². The number of methoxy groups -OCH3 is 1. The van der Waals surface area contributed by atoms with Gasteiger partial charge in [0, 0.05) is 12.0 Å². The van der Waals surface area contributed by atoms with Gasteiger partial charge in [0.15, 0.2) is 6.23 Å². The second-order valence-corrected chi connectivity index (χ2v) is 3.53. The Morgan fingerprint density at radius 2 is 1.45 bits per heavy atom. The van der Waals surface area contributed by atoms with Gasteiger partial charge in [-0.2, -0.15) is 0 Å². The summed E-state index contributed by atoms with van der Waals surface area (Å²) in [7, 11) is 1.45. The summed E-state index contributed by atoms with van der Waals surface area (Å²) in [5, 5.41) is 11.8. The fourth-order valence-electron chi connectivity index (χ4n) is 1.11. The van der Waals surface area contributed by atoms with Gasteiger partial charge in [0.05, 0.1) is 59.5 Å². The Kier molecular flexibility index (Phi) is 15.4. The van der Waals surface area contributed by atoms with Gasteiger partial charge in [-0.1, -0.05) is 5.11 Å². The van der Waals surface area contributed by atoms with Crippen LogP contribution in [-0.2, 0) is 23.7 Å². The van der Waals surface area contributed by atoms with E-state index in [9.17, 15) is 0 Å². The van der Waals surface area contributed by atoms with Crippen LogP contribution in [0.2, 0.25) is 0 Å². The van der Waals surface area contributed by atoms with Gasteiger partial charge in [-0.25, -0.2) is 0 Å². The predicted octanol–water partition coefficient (Wildman–Crippen LogP) is 0.328. The van der Waals surface area contributed by atoms with E-state index in [4.69, 9.17) is 34.3 Å². The van der Waals surface area contributed by atoms with Crippen LogP contribution in [-0.4, -0.2) is 77.9 Å². The molecule has 0 aliphatic heterocycles. The maximum Gasteiger partial charge on any atom is 0.159 e. The standard InChI is InChI=1S/C11H23N3O6/c1-16-11(13-14-12)10-20-9-8-19-7-6-18-5-4-17-3-2-15/h11,15H,2-10H2,1H3. The molecule has 0 radical (unpaired) electrons. The van der Waals surface area contributed by atoms with Crippen LogP contribution in [0.1, 0.15) is 0 Å². The first kappa shape index (κ1) is 19.1. The maximum atomic E-state index is 8.46. The Morgan fingerprint density at radius 3 is 1.90 bits per heavy atom. The summed E-state index contributed by atoms with van der Waals surface area (Å²) in [4.78, 5) is 2.63. The minimum absolute atomic E-state index is 0.0206. The van der Waals surface area contributed by atoms with Crippen LogP contribution >= 0.6 is 0 Å². The number of aliphatic hydroxyl groups excluding tert-OH is 1. The molecule has 1 unspecified atom stereocenters. The molecule has 0 fully saturated rings. The second-order valence-electron chi connectivity index (χ2n) is 3.53. The van der Waals surface area contributed by atoms with Crippen LogP contribution in [0.5, 0.6) is 0 Å². The third-order valence-corrected chi connectivity index (χ3v) is 2.06. The largest absolute Gasteiger partial charge is 0.394 e. The topological polar surface area (TPSA) is 115 Å². The Balaban J connectivity index is 3.14. The molecule has 1 N–H and O–H groups in total. The minimum atomic E-state index is -0.609. The van der Waals surface area contributed by atoms with Gasteiger partial charge in [0.1, 0.15) is 0 Å². The highest BCUT2D eigenvalue weighted by Crippen LogP contribution is 1.93. The minimum Gasteiger partial charge on any atom is -0.394 e. The molecule has 9 nitrogen and oxygen atoms in total. The number of rotatable bonds is 15. The van der Waals surface area contributed by atoms with Crippen LogP contribution in [0.3, 0.4) is 0 Å². The van der Waals surface area contributed by atoms with Crippen molar-refractivity contribution >= 4 is 0 Å². The van der Waals surface area contributed by atoms with E-state index in [0.29, 0.717) is 46.2 Å². The lowest BCUT2D eigenvalue weighted by atomic mass is 10.6. The first-order valence-electron chi connectivity index (χ1n) is 6.34. The zero-order chi connectivity index (χ0) is 14.9. The summed E-state index contributed by atoms with van der Waals surface area (Å²) in [6.45, 7) is 3.24. The van der Waals surface area contributed by atoms with E-state index in [-0.39, 0.29) is 13.2 Å². The number of ether oxygens (including phenoxy) is 5. The van der Waals surface area contributed by atoms with Crippen LogP contribution in [0, 0.1) is 0 Å². The average Bonchev–Trinajstić information content (AvgIpc) is 2.47. The van der Waals surface area contributed by atoms with Gasteiger partial charge in [0.2, 0.25) is 0 Å². The summed E-state index contributed by atoms with van der Waals surface area (Å²) < 4.78 is 25.6. The molecule has 0 heterocycles. The molecule has 0 aromatic rings. The van der Waals surface area contributed by atoms with Crippen molar-refractivity contribution in [2.24, 2.45) is 5.11 Å². The Hall–Kier alpha value is -0.930. The van der Waals surface area contributed by atoms with Crippen LogP contribution in [0.25, 0.3) is 10.4 Å². The Labute approximate surface area is 118 Å². The summed E-state index contributed by atoms with van der Waals surface area (Å²) in [5.74, 6) is 0. The normalized spacial score (nSPS) is 12.1. The second kappa shape index (κ2) is 16.1. The summed E-state index contributed by atoms with van der Waals surface area (Å²) in [6.07, 6.45) is -0.609.